The van der Waals surface area contributed by atoms with Crippen LogP contribution in [0.2, 0.25) is 0 Å². The van der Waals surface area contributed by atoms with Crippen LogP contribution < -0.4 is 0 Å². The molecule has 0 N–H and O–H groups in total. The average Bonchev–Trinajstić information content (AvgIpc) is 2.12. The van der Waals surface area contributed by atoms with Crippen molar-refractivity contribution in [3.63, 3.8) is 0 Å². The Morgan fingerprint density at radius 2 is 2.17 bits per heavy atom. The summed E-state index contributed by atoms with van der Waals surface area (Å²) >= 11 is 3.28. The zero-order chi connectivity index (χ0) is 9.40. The van der Waals surface area contributed by atoms with Crippen LogP contribution in [0.1, 0.15) is 0 Å². The summed E-state index contributed by atoms with van der Waals surface area (Å²) < 4.78 is 0. The summed E-state index contributed by atoms with van der Waals surface area (Å²) in [6.07, 6.45) is 6.72. The second-order valence-corrected chi connectivity index (χ2v) is 2.59. The van der Waals surface area contributed by atoms with Gasteiger partial charge in [-0.1, -0.05) is 41.2 Å². The van der Waals surface area contributed by atoms with Crippen LogP contribution in [0, 0.1) is 11.3 Å². The Morgan fingerprint density at radius 1 is 1.50 bits per heavy atom. The minimum atomic E-state index is 0.583. The first-order valence-corrected chi connectivity index (χ1v) is 4.52. The van der Waals surface area contributed by atoms with Crippen LogP contribution in [0.25, 0.3) is 0 Å². The summed E-state index contributed by atoms with van der Waals surface area (Å²) in [6, 6.07) is 2.05. The maximum atomic E-state index is 8.64. The van der Waals surface area contributed by atoms with E-state index in [-0.39, 0.29) is 0 Å². The zero-order valence-electron chi connectivity index (χ0n) is 6.76. The third-order valence-electron chi connectivity index (χ3n) is 1.18. The number of allylic oxidation sites excluding steroid dienone is 6. The first kappa shape index (κ1) is 10.9. The van der Waals surface area contributed by atoms with Crippen molar-refractivity contribution in [3.05, 3.63) is 48.6 Å². The molecule has 0 atom stereocenters. The number of nitriles is 1. The van der Waals surface area contributed by atoms with E-state index in [1.54, 1.807) is 24.3 Å². The van der Waals surface area contributed by atoms with E-state index in [9.17, 15) is 0 Å². The number of nitrogens with zero attached hydrogens (tertiary/aromatic N) is 1. The lowest BCUT2D eigenvalue weighted by molar-refractivity contribution is 1.47. The molecule has 0 heterocycles. The highest BCUT2D eigenvalue weighted by atomic mass is 79.9. The highest BCUT2D eigenvalue weighted by Crippen LogP contribution is 2.06. The zero-order valence-corrected chi connectivity index (χ0v) is 8.34. The molecule has 0 saturated heterocycles. The molecule has 0 rings (SSSR count). The molecule has 0 unspecified atom stereocenters. The number of halogens is 1. The molecule has 0 aliphatic heterocycles. The molecular formula is C10H10BrN. The van der Waals surface area contributed by atoms with Gasteiger partial charge >= 0.3 is 0 Å². The maximum absolute atomic E-state index is 8.64. The van der Waals surface area contributed by atoms with E-state index in [1.165, 1.54) is 0 Å². The van der Waals surface area contributed by atoms with Crippen molar-refractivity contribution < 1.29 is 0 Å². The van der Waals surface area contributed by atoms with Gasteiger partial charge in [-0.15, -0.1) is 0 Å². The van der Waals surface area contributed by atoms with E-state index in [0.29, 0.717) is 10.9 Å². The molecule has 0 fully saturated rings. The first-order chi connectivity index (χ1) is 5.78. The first-order valence-electron chi connectivity index (χ1n) is 3.40. The Kier molecular flexibility index (Phi) is 6.04. The van der Waals surface area contributed by atoms with Gasteiger partial charge in [-0.3, -0.25) is 0 Å². The summed E-state index contributed by atoms with van der Waals surface area (Å²) in [5, 5.41) is 9.34. The SMILES string of the molecule is C=C/C=C(C#N)\C=C(/C=C)CBr. The predicted molar refractivity (Wildman–Crippen MR) is 56.0 cm³/mol. The van der Waals surface area contributed by atoms with Crippen molar-refractivity contribution in [1.82, 2.24) is 0 Å². The third-order valence-corrected chi connectivity index (χ3v) is 1.83. The topological polar surface area (TPSA) is 23.8 Å². The molecule has 0 radical (unpaired) electrons. The van der Waals surface area contributed by atoms with Crippen molar-refractivity contribution in [2.45, 2.75) is 0 Å². The van der Waals surface area contributed by atoms with Crippen molar-refractivity contribution >= 4 is 15.9 Å². The molecule has 12 heavy (non-hydrogen) atoms. The molecule has 0 aromatic heterocycles. The van der Waals surface area contributed by atoms with E-state index in [0.717, 1.165) is 5.57 Å². The van der Waals surface area contributed by atoms with E-state index >= 15 is 0 Å². The standard InChI is InChI=1S/C10H10BrN/c1-3-5-10(8-12)6-9(4-2)7-11/h3-6H,1-2,7H2/b9-6+,10-5+. The van der Waals surface area contributed by atoms with Crippen LogP contribution in [0.15, 0.2) is 48.6 Å². The Labute approximate surface area is 81.5 Å². The van der Waals surface area contributed by atoms with Crippen LogP contribution in [0.3, 0.4) is 0 Å². The van der Waals surface area contributed by atoms with Crippen LogP contribution in [0.5, 0.6) is 0 Å². The Bertz CT molecular complexity index is 266. The molecule has 0 saturated carbocycles. The van der Waals surface area contributed by atoms with Crippen LogP contribution in [0.4, 0.5) is 0 Å². The molecule has 1 nitrogen and oxygen atoms in total. The second-order valence-electron chi connectivity index (χ2n) is 2.03. The normalized spacial score (nSPS) is 12.0. The van der Waals surface area contributed by atoms with Gasteiger partial charge in [-0.05, 0) is 17.7 Å². The average molecular weight is 224 g/mol. The van der Waals surface area contributed by atoms with Crippen LogP contribution >= 0.6 is 15.9 Å². The monoisotopic (exact) mass is 223 g/mol. The van der Waals surface area contributed by atoms with Crippen molar-refractivity contribution in [2.24, 2.45) is 0 Å². The smallest absolute Gasteiger partial charge is 0.0991 e. The molecule has 2 heteroatoms. The number of rotatable bonds is 4. The highest BCUT2D eigenvalue weighted by Gasteiger charge is 1.91. The molecule has 62 valence electrons. The van der Waals surface area contributed by atoms with Gasteiger partial charge in [0.25, 0.3) is 0 Å². The molecular weight excluding hydrogens is 214 g/mol. The molecule has 0 aromatic carbocycles. The maximum Gasteiger partial charge on any atom is 0.0991 e. The van der Waals surface area contributed by atoms with E-state index in [2.05, 4.69) is 29.1 Å². The fourth-order valence-electron chi connectivity index (χ4n) is 0.596. The lowest BCUT2D eigenvalue weighted by Gasteiger charge is -1.92. The summed E-state index contributed by atoms with van der Waals surface area (Å²) in [5.74, 6) is 0. The van der Waals surface area contributed by atoms with Gasteiger partial charge < -0.3 is 0 Å². The van der Waals surface area contributed by atoms with Gasteiger partial charge in [-0.25, -0.2) is 0 Å². The van der Waals surface area contributed by atoms with Crippen LogP contribution in [-0.2, 0) is 0 Å². The lowest BCUT2D eigenvalue weighted by atomic mass is 10.2. The summed E-state index contributed by atoms with van der Waals surface area (Å²) in [5.41, 5.74) is 1.56. The van der Waals surface area contributed by atoms with Gasteiger partial charge in [0.05, 0.1) is 11.6 Å². The van der Waals surface area contributed by atoms with Gasteiger partial charge in [0, 0.05) is 5.33 Å². The predicted octanol–water partition coefficient (Wildman–Crippen LogP) is 3.13. The largest absolute Gasteiger partial charge is 0.192 e. The number of alkyl halides is 1. The fourth-order valence-corrected chi connectivity index (χ4v) is 0.987. The van der Waals surface area contributed by atoms with Gasteiger partial charge in [0.1, 0.15) is 0 Å². The number of hydrogen-bond donors (Lipinski definition) is 0. The highest BCUT2D eigenvalue weighted by molar-refractivity contribution is 9.09. The third kappa shape index (κ3) is 3.95. The Balaban J connectivity index is 4.68. The Morgan fingerprint density at radius 3 is 2.50 bits per heavy atom. The van der Waals surface area contributed by atoms with Crippen molar-refractivity contribution in [1.29, 1.82) is 5.26 Å². The van der Waals surface area contributed by atoms with E-state index in [4.69, 9.17) is 5.26 Å². The van der Waals surface area contributed by atoms with Crippen LogP contribution in [-0.4, -0.2) is 5.33 Å². The second kappa shape index (κ2) is 6.63. The Hall–Kier alpha value is -1.07. The minimum absolute atomic E-state index is 0.583. The van der Waals surface area contributed by atoms with Crippen molar-refractivity contribution in [3.8, 4) is 6.07 Å². The quantitative estimate of drug-likeness (QED) is 0.409. The van der Waals surface area contributed by atoms with Crippen molar-refractivity contribution in [2.75, 3.05) is 5.33 Å². The molecule has 0 aliphatic rings. The van der Waals surface area contributed by atoms with Gasteiger partial charge in [0.2, 0.25) is 0 Å². The minimum Gasteiger partial charge on any atom is -0.192 e. The summed E-state index contributed by atoms with van der Waals surface area (Å²) in [4.78, 5) is 0. The molecule has 0 spiro atoms. The lowest BCUT2D eigenvalue weighted by Crippen LogP contribution is -1.80. The molecule has 0 amide bonds. The number of hydrogen-bond acceptors (Lipinski definition) is 1. The van der Waals surface area contributed by atoms with Gasteiger partial charge in [0.15, 0.2) is 0 Å². The summed E-state index contributed by atoms with van der Waals surface area (Å²) in [7, 11) is 0. The molecule has 0 bridgehead atoms. The summed E-state index contributed by atoms with van der Waals surface area (Å²) in [6.45, 7) is 7.13. The van der Waals surface area contributed by atoms with E-state index < -0.39 is 0 Å². The molecule has 0 aromatic rings. The molecule has 0 aliphatic carbocycles. The van der Waals surface area contributed by atoms with E-state index in [1.807, 2.05) is 6.07 Å². The fraction of sp³-hybridized carbons (Fsp3) is 0.100. The van der Waals surface area contributed by atoms with Gasteiger partial charge in [-0.2, -0.15) is 5.26 Å².